The van der Waals surface area contributed by atoms with Crippen LogP contribution in [0.5, 0.6) is 0 Å². The molecule has 16 aromatic rings. The van der Waals surface area contributed by atoms with Crippen molar-refractivity contribution in [2.24, 2.45) is 0 Å². The Hall–Kier alpha value is -12.9. The lowest BCUT2D eigenvalue weighted by Gasteiger charge is -2.30. The Morgan fingerprint density at radius 1 is 0.186 bits per heavy atom. The topological polar surface area (TPSA) is 6.48 Å². The van der Waals surface area contributed by atoms with Gasteiger partial charge in [0.25, 0.3) is 0 Å². The van der Waals surface area contributed by atoms with E-state index in [9.17, 15) is 0 Å². The molecule has 0 aliphatic heterocycles. The minimum atomic E-state index is -0.127. The van der Waals surface area contributed by atoms with Gasteiger partial charge in [0.05, 0.1) is 11.4 Å². The van der Waals surface area contributed by atoms with Crippen LogP contribution in [0.3, 0.4) is 0 Å². The van der Waals surface area contributed by atoms with Gasteiger partial charge in [0.1, 0.15) is 0 Å². The van der Waals surface area contributed by atoms with Crippen molar-refractivity contribution in [3.63, 3.8) is 0 Å². The van der Waals surface area contributed by atoms with Gasteiger partial charge in [-0.1, -0.05) is 458 Å². The minimum Gasteiger partial charge on any atom is -0.310 e. The third kappa shape index (κ3) is 19.7. The molecule has 4 aliphatic rings. The lowest BCUT2D eigenvalue weighted by Crippen LogP contribution is -2.17. The van der Waals surface area contributed by atoms with E-state index >= 15 is 0 Å². The molecule has 2 heteroatoms. The number of rotatable bonds is 16. The summed E-state index contributed by atoms with van der Waals surface area (Å²) in [5.74, 6) is 1.31. The Kier molecular flexibility index (Phi) is 25.8. The second kappa shape index (κ2) is 37.6. The van der Waals surface area contributed by atoms with Crippen molar-refractivity contribution in [1.82, 2.24) is 0 Å². The molecular formula is C138H146N2. The number of benzene rings is 16. The Bertz CT molecular complexity index is 7230. The zero-order valence-corrected chi connectivity index (χ0v) is 87.6. The number of hydrogen-bond acceptors (Lipinski definition) is 2. The highest BCUT2D eigenvalue weighted by molar-refractivity contribution is 5.95. The standard InChI is InChI=1S/2C69H73N/c1-66(2,3)55-39-52(38-53(40-55)54-41-56(67(4,5)6)44-57(42-54)68(7,8)9)49-26-19-25-48(36-49)50-27-21-29-58(43-50)70(59-34-35-62-61-31-15-17-32-63(61)69(10,11)64(62)45-59)65-33-18-16-30-60(65)51-28-20-24-47(37-51)46-22-13-12-14-23-46;1-66(2,3)55-39-52(38-53(40-55)54-41-56(67(4,5)6)44-57(42-54)68(7,8)9)50-24-19-23-49(37-50)51-25-20-26-58(43-51)70(59-35-36-62-61-28-15-17-29-63(61)69(10,11)64(62)45-59)65-30-18-16-27-60(65)48-33-31-47(32-34-48)46-21-13-12-14-22-46/h15-21,24-46H,12-14,22-23H2,1-11H3;15-20,23-46H,12-14,21-22H2,1-11H3. The second-order valence-corrected chi connectivity index (χ2v) is 48.4. The van der Waals surface area contributed by atoms with Crippen LogP contribution in [0.15, 0.2) is 352 Å². The first kappa shape index (κ1) is 96.0. The maximum Gasteiger partial charge on any atom is 0.0540 e. The molecule has 0 amide bonds. The van der Waals surface area contributed by atoms with Gasteiger partial charge in [-0.05, 0) is 322 Å². The molecule has 140 heavy (non-hydrogen) atoms. The molecule has 2 fully saturated rings. The monoisotopic (exact) mass is 1830 g/mol. The lowest BCUT2D eigenvalue weighted by molar-refractivity contribution is 0.443. The Morgan fingerprint density at radius 2 is 0.457 bits per heavy atom. The Labute approximate surface area is 839 Å². The summed E-state index contributed by atoms with van der Waals surface area (Å²) in [4.78, 5) is 5.03. The van der Waals surface area contributed by atoms with Crippen LogP contribution in [0.4, 0.5) is 34.1 Å². The molecule has 2 nitrogen and oxygen atoms in total. The number of nitrogens with zero attached hydrogens (tertiary/aromatic N) is 2. The Balaban J connectivity index is 0.000000178. The van der Waals surface area contributed by atoms with Crippen molar-refractivity contribution < 1.29 is 0 Å². The molecule has 0 unspecified atom stereocenters. The van der Waals surface area contributed by atoms with Crippen LogP contribution >= 0.6 is 0 Å². The van der Waals surface area contributed by atoms with Crippen LogP contribution < -0.4 is 9.80 Å². The van der Waals surface area contributed by atoms with Gasteiger partial charge in [0.2, 0.25) is 0 Å². The molecule has 20 rings (SSSR count). The first-order valence-electron chi connectivity index (χ1n) is 52.2. The number of para-hydroxylation sites is 2. The maximum atomic E-state index is 2.52. The maximum absolute atomic E-state index is 2.52. The fourth-order valence-electron chi connectivity index (χ4n) is 22.6. The summed E-state index contributed by atoms with van der Waals surface area (Å²) in [6.45, 7) is 51.5. The minimum absolute atomic E-state index is 0.0298. The molecule has 0 saturated heterocycles. The predicted molar refractivity (Wildman–Crippen MR) is 605 cm³/mol. The molecule has 0 aromatic heterocycles. The third-order valence-corrected chi connectivity index (χ3v) is 31.4. The van der Waals surface area contributed by atoms with E-state index in [1.165, 1.54) is 254 Å². The van der Waals surface area contributed by atoms with Gasteiger partial charge < -0.3 is 9.80 Å². The fraction of sp³-hybridized carbons (Fsp3) is 0.304. The first-order chi connectivity index (χ1) is 66.6. The van der Waals surface area contributed by atoms with Crippen LogP contribution in [0, 0.1) is 0 Å². The molecule has 0 radical (unpaired) electrons. The summed E-state index contributed by atoms with van der Waals surface area (Å²) in [6, 6.07) is 135. The van der Waals surface area contributed by atoms with E-state index < -0.39 is 0 Å². The first-order valence-corrected chi connectivity index (χ1v) is 52.2. The van der Waals surface area contributed by atoms with Crippen molar-refractivity contribution in [3.05, 3.63) is 419 Å². The van der Waals surface area contributed by atoms with Gasteiger partial charge >= 0.3 is 0 Å². The average Bonchev–Trinajstić information content (AvgIpc) is 1.57. The fourth-order valence-corrected chi connectivity index (χ4v) is 22.6. The zero-order valence-electron chi connectivity index (χ0n) is 87.6. The van der Waals surface area contributed by atoms with Gasteiger partial charge in [-0.2, -0.15) is 0 Å². The number of fused-ring (bicyclic) bond motifs is 6. The third-order valence-electron chi connectivity index (χ3n) is 31.4. The van der Waals surface area contributed by atoms with Crippen molar-refractivity contribution >= 4 is 34.1 Å². The van der Waals surface area contributed by atoms with Crippen molar-refractivity contribution in [2.75, 3.05) is 9.80 Å². The van der Waals surface area contributed by atoms with Crippen molar-refractivity contribution in [2.45, 2.75) is 272 Å². The zero-order chi connectivity index (χ0) is 98.3. The quantitative estimate of drug-likeness (QED) is 0.0951. The lowest BCUT2D eigenvalue weighted by atomic mass is 9.78. The summed E-state index contributed by atoms with van der Waals surface area (Å²) in [5.41, 5.74) is 48.6. The Morgan fingerprint density at radius 3 is 0.836 bits per heavy atom. The highest BCUT2D eigenvalue weighted by Crippen LogP contribution is 2.56. The van der Waals surface area contributed by atoms with E-state index in [0.717, 1.165) is 22.7 Å². The van der Waals surface area contributed by atoms with E-state index in [2.05, 4.69) is 514 Å². The van der Waals surface area contributed by atoms with E-state index in [0.29, 0.717) is 11.8 Å². The number of anilines is 6. The SMILES string of the molecule is CC(C)(C)c1cc(-c2cccc(-c3cccc(N(c4ccc5c(c4)C(C)(C)c4ccccc4-5)c4ccccc4-c4ccc(C5CCCCC5)cc4)c3)c2)cc(-c2cc(C(C)(C)C)cc(C(C)(C)C)c2)c1.CC(C)(C)c1cc(-c2cccc(-c3cccc(N(c4ccc5c(c4)C(C)(C)c4ccccc4-5)c4ccccc4-c4cccc(C5CCCCC5)c4)c3)c2)cc(-c2cc(C(C)(C)C)cc(C(C)(C)C)c2)c1. The van der Waals surface area contributed by atoms with E-state index in [1.54, 1.807) is 0 Å². The van der Waals surface area contributed by atoms with Gasteiger partial charge in [0.15, 0.2) is 0 Å². The van der Waals surface area contributed by atoms with Gasteiger partial charge in [-0.25, -0.2) is 0 Å². The highest BCUT2D eigenvalue weighted by atomic mass is 15.2. The molecule has 0 atom stereocenters. The molecule has 4 aliphatic carbocycles. The molecule has 0 bridgehead atoms. The van der Waals surface area contributed by atoms with Crippen LogP contribution in [0.1, 0.15) is 295 Å². The molecule has 2 saturated carbocycles. The molecule has 708 valence electrons. The molecule has 16 aromatic carbocycles. The summed E-state index contributed by atoms with van der Waals surface area (Å²) in [7, 11) is 0. The molecular weight excluding hydrogens is 1690 g/mol. The van der Waals surface area contributed by atoms with Crippen molar-refractivity contribution in [1.29, 1.82) is 0 Å². The van der Waals surface area contributed by atoms with Crippen LogP contribution in [-0.4, -0.2) is 0 Å². The molecule has 0 spiro atoms. The van der Waals surface area contributed by atoms with Crippen LogP contribution in [0.2, 0.25) is 0 Å². The van der Waals surface area contributed by atoms with Gasteiger partial charge in [-0.15, -0.1) is 0 Å². The summed E-state index contributed by atoms with van der Waals surface area (Å²) in [6.07, 6.45) is 13.2. The normalized spacial score (nSPS) is 14.8. The number of hydrogen-bond donors (Lipinski definition) is 0. The van der Waals surface area contributed by atoms with E-state index in [-0.39, 0.29) is 43.3 Å². The van der Waals surface area contributed by atoms with E-state index in [1.807, 2.05) is 0 Å². The molecule has 0 N–H and O–H groups in total. The smallest absolute Gasteiger partial charge is 0.0540 e. The van der Waals surface area contributed by atoms with Gasteiger partial charge in [0, 0.05) is 44.7 Å². The van der Waals surface area contributed by atoms with Gasteiger partial charge in [-0.3, -0.25) is 0 Å². The molecule has 0 heterocycles. The summed E-state index contributed by atoms with van der Waals surface area (Å²) < 4.78 is 0. The predicted octanol–water partition coefficient (Wildman–Crippen LogP) is 40.1. The van der Waals surface area contributed by atoms with Crippen LogP contribution in [-0.2, 0) is 43.3 Å². The average molecular weight is 1830 g/mol. The van der Waals surface area contributed by atoms with E-state index in [4.69, 9.17) is 0 Å². The summed E-state index contributed by atoms with van der Waals surface area (Å²) >= 11 is 0. The second-order valence-electron chi connectivity index (χ2n) is 48.4. The summed E-state index contributed by atoms with van der Waals surface area (Å²) in [5, 5.41) is 0. The van der Waals surface area contributed by atoms with Crippen LogP contribution in [0.25, 0.3) is 111 Å². The van der Waals surface area contributed by atoms with Crippen molar-refractivity contribution in [3.8, 4) is 111 Å². The highest BCUT2D eigenvalue weighted by Gasteiger charge is 2.39. The largest absolute Gasteiger partial charge is 0.310 e.